The van der Waals surface area contributed by atoms with E-state index in [2.05, 4.69) is 50.5 Å². The third-order valence-electron chi connectivity index (χ3n) is 2.44. The van der Waals surface area contributed by atoms with Crippen LogP contribution in [0.4, 0.5) is 0 Å². The molecule has 3 nitrogen and oxygen atoms in total. The van der Waals surface area contributed by atoms with Crippen LogP contribution in [0.15, 0.2) is 23.8 Å². The SMILES string of the molecule is CCCn1ccnc1C(N)c1csc(I)c1. The fraction of sp³-hybridized carbons (Fsp3) is 0.364. The van der Waals surface area contributed by atoms with Crippen molar-refractivity contribution in [3.63, 3.8) is 0 Å². The van der Waals surface area contributed by atoms with E-state index < -0.39 is 0 Å². The Morgan fingerprint density at radius 2 is 2.44 bits per heavy atom. The van der Waals surface area contributed by atoms with Crippen LogP contribution in [0.1, 0.15) is 30.8 Å². The van der Waals surface area contributed by atoms with Crippen LogP contribution in [-0.4, -0.2) is 9.55 Å². The summed E-state index contributed by atoms with van der Waals surface area (Å²) >= 11 is 4.03. The van der Waals surface area contributed by atoms with E-state index in [1.54, 1.807) is 11.3 Å². The average molecular weight is 347 g/mol. The fourth-order valence-electron chi connectivity index (χ4n) is 1.67. The maximum Gasteiger partial charge on any atom is 0.130 e. The molecule has 1 unspecified atom stereocenters. The van der Waals surface area contributed by atoms with Crippen molar-refractivity contribution in [3.8, 4) is 0 Å². The Bertz CT molecular complexity index is 463. The van der Waals surface area contributed by atoms with Gasteiger partial charge < -0.3 is 10.3 Å². The molecule has 0 aromatic carbocycles. The van der Waals surface area contributed by atoms with E-state index in [4.69, 9.17) is 5.73 Å². The molecular weight excluding hydrogens is 333 g/mol. The van der Waals surface area contributed by atoms with E-state index in [0.29, 0.717) is 0 Å². The normalized spacial score (nSPS) is 12.9. The molecule has 0 saturated heterocycles. The van der Waals surface area contributed by atoms with E-state index in [1.165, 1.54) is 2.88 Å². The molecule has 2 heterocycles. The highest BCUT2D eigenvalue weighted by atomic mass is 127. The Morgan fingerprint density at radius 3 is 3.06 bits per heavy atom. The molecule has 0 aliphatic rings. The van der Waals surface area contributed by atoms with Crippen molar-refractivity contribution < 1.29 is 0 Å². The first-order chi connectivity index (χ1) is 7.72. The number of rotatable bonds is 4. The van der Waals surface area contributed by atoms with E-state index in [-0.39, 0.29) is 6.04 Å². The van der Waals surface area contributed by atoms with E-state index >= 15 is 0 Å². The smallest absolute Gasteiger partial charge is 0.130 e. The van der Waals surface area contributed by atoms with E-state index in [0.717, 1.165) is 24.4 Å². The predicted molar refractivity (Wildman–Crippen MR) is 75.6 cm³/mol. The van der Waals surface area contributed by atoms with Crippen LogP contribution >= 0.6 is 33.9 Å². The molecule has 1 atom stereocenters. The van der Waals surface area contributed by atoms with Crippen molar-refractivity contribution >= 4 is 33.9 Å². The van der Waals surface area contributed by atoms with Crippen molar-refractivity contribution in [3.05, 3.63) is 38.1 Å². The number of halogens is 1. The summed E-state index contributed by atoms with van der Waals surface area (Å²) in [5.74, 6) is 0.955. The third-order valence-corrected chi connectivity index (χ3v) is 4.24. The third kappa shape index (κ3) is 2.46. The minimum Gasteiger partial charge on any atom is -0.333 e. The van der Waals surface area contributed by atoms with Crippen molar-refractivity contribution in [1.82, 2.24) is 9.55 Å². The first-order valence-electron chi connectivity index (χ1n) is 5.23. The van der Waals surface area contributed by atoms with Gasteiger partial charge in [0.25, 0.3) is 0 Å². The second kappa shape index (κ2) is 5.29. The highest BCUT2D eigenvalue weighted by molar-refractivity contribution is 14.1. The molecule has 2 N–H and O–H groups in total. The standard InChI is InChI=1S/C11H14IN3S/c1-2-4-15-5-3-14-11(15)10(13)8-6-9(12)16-7-8/h3,5-7,10H,2,4,13H2,1H3. The van der Waals surface area contributed by atoms with Crippen LogP contribution in [0.2, 0.25) is 0 Å². The fourth-order valence-corrected chi connectivity index (χ4v) is 3.07. The zero-order valence-electron chi connectivity index (χ0n) is 9.06. The van der Waals surface area contributed by atoms with E-state index in [9.17, 15) is 0 Å². The van der Waals surface area contributed by atoms with Crippen LogP contribution in [0.25, 0.3) is 0 Å². The lowest BCUT2D eigenvalue weighted by Gasteiger charge is -2.12. The molecule has 86 valence electrons. The molecular formula is C11H14IN3S. The zero-order chi connectivity index (χ0) is 11.5. The Hall–Kier alpha value is -0.400. The number of nitrogens with zero attached hydrogens (tertiary/aromatic N) is 2. The van der Waals surface area contributed by atoms with Gasteiger partial charge in [0.2, 0.25) is 0 Å². The average Bonchev–Trinajstić information content (AvgIpc) is 2.87. The van der Waals surface area contributed by atoms with Gasteiger partial charge in [-0.2, -0.15) is 0 Å². The number of aromatic nitrogens is 2. The molecule has 0 spiro atoms. The summed E-state index contributed by atoms with van der Waals surface area (Å²) in [4.78, 5) is 4.36. The predicted octanol–water partition coefficient (Wildman–Crippen LogP) is 3.01. The summed E-state index contributed by atoms with van der Waals surface area (Å²) in [6.07, 6.45) is 4.91. The van der Waals surface area contributed by atoms with Gasteiger partial charge in [0.15, 0.2) is 0 Å². The first-order valence-corrected chi connectivity index (χ1v) is 7.18. The monoisotopic (exact) mass is 347 g/mol. The second-order valence-corrected chi connectivity index (χ2v) is 6.45. The Balaban J connectivity index is 2.26. The number of thiophene rings is 1. The van der Waals surface area contributed by atoms with Gasteiger partial charge in [-0.25, -0.2) is 4.98 Å². The summed E-state index contributed by atoms with van der Waals surface area (Å²) in [6.45, 7) is 3.13. The molecule has 0 bridgehead atoms. The van der Waals surface area contributed by atoms with Crippen LogP contribution < -0.4 is 5.73 Å². The summed E-state index contributed by atoms with van der Waals surface area (Å²) in [5.41, 5.74) is 7.38. The summed E-state index contributed by atoms with van der Waals surface area (Å²) in [7, 11) is 0. The number of hydrogen-bond donors (Lipinski definition) is 1. The maximum atomic E-state index is 6.23. The van der Waals surface area contributed by atoms with Crippen molar-refractivity contribution in [1.29, 1.82) is 0 Å². The molecule has 2 aromatic rings. The van der Waals surface area contributed by atoms with Gasteiger partial charge >= 0.3 is 0 Å². The highest BCUT2D eigenvalue weighted by Crippen LogP contribution is 2.24. The number of aryl methyl sites for hydroxylation is 1. The molecule has 0 aliphatic heterocycles. The van der Waals surface area contributed by atoms with Gasteiger partial charge in [-0.15, -0.1) is 11.3 Å². The minimum absolute atomic E-state index is 0.110. The zero-order valence-corrected chi connectivity index (χ0v) is 12.0. The summed E-state index contributed by atoms with van der Waals surface area (Å²) in [5, 5.41) is 2.11. The Kier molecular flexibility index (Phi) is 3.99. The van der Waals surface area contributed by atoms with Gasteiger partial charge in [-0.05, 0) is 46.0 Å². The first kappa shape index (κ1) is 12.1. The van der Waals surface area contributed by atoms with Gasteiger partial charge in [0, 0.05) is 18.9 Å². The van der Waals surface area contributed by atoms with Gasteiger partial charge in [0.1, 0.15) is 5.82 Å². The topological polar surface area (TPSA) is 43.8 Å². The Morgan fingerprint density at radius 1 is 1.62 bits per heavy atom. The lowest BCUT2D eigenvalue weighted by atomic mass is 10.1. The number of imidazole rings is 1. The van der Waals surface area contributed by atoms with Crippen LogP contribution in [-0.2, 0) is 6.54 Å². The number of nitrogens with two attached hydrogens (primary N) is 1. The molecule has 2 rings (SSSR count). The molecule has 0 radical (unpaired) electrons. The summed E-state index contributed by atoms with van der Waals surface area (Å²) < 4.78 is 3.39. The maximum absolute atomic E-state index is 6.23. The quantitative estimate of drug-likeness (QED) is 0.864. The van der Waals surface area contributed by atoms with Crippen molar-refractivity contribution in [2.45, 2.75) is 25.9 Å². The van der Waals surface area contributed by atoms with E-state index in [1.807, 2.05) is 12.4 Å². The van der Waals surface area contributed by atoms with Gasteiger partial charge in [-0.3, -0.25) is 0 Å². The lowest BCUT2D eigenvalue weighted by molar-refractivity contribution is 0.613. The van der Waals surface area contributed by atoms with Gasteiger partial charge in [-0.1, -0.05) is 6.92 Å². The molecule has 5 heteroatoms. The van der Waals surface area contributed by atoms with Gasteiger partial charge in [0.05, 0.1) is 8.93 Å². The van der Waals surface area contributed by atoms with Crippen molar-refractivity contribution in [2.75, 3.05) is 0 Å². The molecule has 0 amide bonds. The summed E-state index contributed by atoms with van der Waals surface area (Å²) in [6, 6.07) is 2.02. The molecule has 0 saturated carbocycles. The van der Waals surface area contributed by atoms with Crippen molar-refractivity contribution in [2.24, 2.45) is 5.73 Å². The highest BCUT2D eigenvalue weighted by Gasteiger charge is 2.15. The number of hydrogen-bond acceptors (Lipinski definition) is 3. The molecule has 16 heavy (non-hydrogen) atoms. The molecule has 2 aromatic heterocycles. The van der Waals surface area contributed by atoms with Crippen LogP contribution in [0, 0.1) is 2.88 Å². The largest absolute Gasteiger partial charge is 0.333 e. The Labute approximate surface area is 113 Å². The minimum atomic E-state index is -0.110. The van der Waals surface area contributed by atoms with Crippen LogP contribution in [0.5, 0.6) is 0 Å². The molecule has 0 aliphatic carbocycles. The van der Waals surface area contributed by atoms with Crippen LogP contribution in [0.3, 0.4) is 0 Å². The lowest BCUT2D eigenvalue weighted by Crippen LogP contribution is -2.17. The second-order valence-electron chi connectivity index (χ2n) is 3.64. The molecule has 0 fully saturated rings.